The number of benzene rings is 1. The highest BCUT2D eigenvalue weighted by Gasteiger charge is 2.16. The Balaban J connectivity index is 2.73. The van der Waals surface area contributed by atoms with E-state index in [0.29, 0.717) is 29.4 Å². The van der Waals surface area contributed by atoms with E-state index in [4.69, 9.17) is 25.8 Å². The Bertz CT molecular complexity index is 435. The summed E-state index contributed by atoms with van der Waals surface area (Å²) in [5.74, 6) is 1.41. The van der Waals surface area contributed by atoms with Gasteiger partial charge in [0, 0.05) is 5.56 Å². The number of rotatable bonds is 10. The molecule has 0 aliphatic heterocycles. The van der Waals surface area contributed by atoms with Crippen molar-refractivity contribution in [3.05, 3.63) is 17.7 Å². The third-order valence-electron chi connectivity index (χ3n) is 3.18. The Morgan fingerprint density at radius 3 is 2.10 bits per heavy atom. The lowest BCUT2D eigenvalue weighted by atomic mass is 10.1. The molecular weight excluding hydrogens is 292 g/mol. The van der Waals surface area contributed by atoms with E-state index in [1.54, 1.807) is 12.1 Å². The first-order chi connectivity index (χ1) is 10.1. The zero-order chi connectivity index (χ0) is 15.7. The molecule has 1 aromatic rings. The summed E-state index contributed by atoms with van der Waals surface area (Å²) >= 11 is 5.50. The SMILES string of the molecule is CCCCCCCOc1c(OC)cc(C(=O)Cl)cc1OC. The fourth-order valence-electron chi connectivity index (χ4n) is 2.02. The molecule has 0 amide bonds. The van der Waals surface area contributed by atoms with E-state index in [0.717, 1.165) is 12.8 Å². The lowest BCUT2D eigenvalue weighted by Crippen LogP contribution is -2.03. The molecule has 4 nitrogen and oxygen atoms in total. The summed E-state index contributed by atoms with van der Waals surface area (Å²) in [6.45, 7) is 2.77. The van der Waals surface area contributed by atoms with Gasteiger partial charge in [0.1, 0.15) is 0 Å². The molecule has 1 rings (SSSR count). The van der Waals surface area contributed by atoms with Crippen LogP contribution in [0.4, 0.5) is 0 Å². The summed E-state index contributed by atoms with van der Waals surface area (Å²) < 4.78 is 16.3. The fraction of sp³-hybridized carbons (Fsp3) is 0.562. The maximum absolute atomic E-state index is 11.3. The standard InChI is InChI=1S/C16H23ClO4/c1-4-5-6-7-8-9-21-15-13(19-2)10-12(16(17)18)11-14(15)20-3/h10-11H,4-9H2,1-3H3. The average Bonchev–Trinajstić information content (AvgIpc) is 2.49. The zero-order valence-electron chi connectivity index (χ0n) is 12.9. The van der Waals surface area contributed by atoms with E-state index < -0.39 is 5.24 Å². The lowest BCUT2D eigenvalue weighted by Gasteiger charge is -2.15. The van der Waals surface area contributed by atoms with Crippen LogP contribution < -0.4 is 14.2 Å². The second-order valence-electron chi connectivity index (χ2n) is 4.75. The van der Waals surface area contributed by atoms with Crippen LogP contribution in [0, 0.1) is 0 Å². The zero-order valence-corrected chi connectivity index (χ0v) is 13.7. The number of halogens is 1. The molecule has 0 aliphatic rings. The Morgan fingerprint density at radius 1 is 1.05 bits per heavy atom. The highest BCUT2D eigenvalue weighted by Crippen LogP contribution is 2.39. The van der Waals surface area contributed by atoms with Gasteiger partial charge in [-0.3, -0.25) is 4.79 Å². The van der Waals surface area contributed by atoms with Crippen molar-refractivity contribution in [3.63, 3.8) is 0 Å². The molecule has 0 spiro atoms. The molecular formula is C16H23ClO4. The first kappa shape index (κ1) is 17.6. The number of carbonyl (C=O) groups excluding carboxylic acids is 1. The maximum atomic E-state index is 11.3. The summed E-state index contributed by atoms with van der Waals surface area (Å²) in [5.41, 5.74) is 0.320. The molecule has 0 heterocycles. The van der Waals surface area contributed by atoms with Gasteiger partial charge in [0.15, 0.2) is 11.5 Å². The van der Waals surface area contributed by atoms with Crippen LogP contribution in [0.25, 0.3) is 0 Å². The highest BCUT2D eigenvalue weighted by molar-refractivity contribution is 6.67. The van der Waals surface area contributed by atoms with Gasteiger partial charge in [0.2, 0.25) is 5.75 Å². The normalized spacial score (nSPS) is 10.3. The van der Waals surface area contributed by atoms with Crippen LogP contribution in [-0.2, 0) is 0 Å². The molecule has 5 heteroatoms. The van der Waals surface area contributed by atoms with Gasteiger partial charge in [-0.2, -0.15) is 0 Å². The molecule has 0 saturated carbocycles. The predicted octanol–water partition coefficient (Wildman–Crippen LogP) is 4.43. The Kier molecular flexibility index (Phi) is 7.98. The fourth-order valence-corrected chi connectivity index (χ4v) is 2.12. The molecule has 1 aromatic carbocycles. The number of unbranched alkanes of at least 4 members (excludes halogenated alkanes) is 4. The van der Waals surface area contributed by atoms with Crippen LogP contribution in [0.2, 0.25) is 0 Å². The van der Waals surface area contributed by atoms with Gasteiger partial charge in [-0.1, -0.05) is 32.6 Å². The monoisotopic (exact) mass is 314 g/mol. The van der Waals surface area contributed by atoms with E-state index in [1.807, 2.05) is 0 Å². The minimum atomic E-state index is -0.558. The molecule has 0 saturated heterocycles. The molecule has 21 heavy (non-hydrogen) atoms. The van der Waals surface area contributed by atoms with Crippen molar-refractivity contribution in [2.75, 3.05) is 20.8 Å². The van der Waals surface area contributed by atoms with Crippen LogP contribution in [0.3, 0.4) is 0 Å². The van der Waals surface area contributed by atoms with Crippen LogP contribution in [0.15, 0.2) is 12.1 Å². The first-order valence-corrected chi connectivity index (χ1v) is 7.60. The maximum Gasteiger partial charge on any atom is 0.252 e. The summed E-state index contributed by atoms with van der Waals surface area (Å²) in [6, 6.07) is 3.12. The van der Waals surface area contributed by atoms with E-state index in [-0.39, 0.29) is 0 Å². The van der Waals surface area contributed by atoms with Crippen LogP contribution >= 0.6 is 11.6 Å². The molecule has 0 N–H and O–H groups in total. The van der Waals surface area contributed by atoms with Gasteiger partial charge in [-0.05, 0) is 30.2 Å². The minimum Gasteiger partial charge on any atom is -0.493 e. The summed E-state index contributed by atoms with van der Waals surface area (Å²) in [7, 11) is 3.04. The lowest BCUT2D eigenvalue weighted by molar-refractivity contribution is 0.108. The van der Waals surface area contributed by atoms with Crippen molar-refractivity contribution >= 4 is 16.8 Å². The van der Waals surface area contributed by atoms with E-state index >= 15 is 0 Å². The second kappa shape index (κ2) is 9.50. The number of methoxy groups -OCH3 is 2. The largest absolute Gasteiger partial charge is 0.493 e. The van der Waals surface area contributed by atoms with Crippen molar-refractivity contribution in [2.24, 2.45) is 0 Å². The molecule has 0 unspecified atom stereocenters. The van der Waals surface area contributed by atoms with E-state index in [2.05, 4.69) is 6.92 Å². The topological polar surface area (TPSA) is 44.8 Å². The van der Waals surface area contributed by atoms with E-state index in [1.165, 1.54) is 33.5 Å². The van der Waals surface area contributed by atoms with Crippen molar-refractivity contribution in [2.45, 2.75) is 39.0 Å². The highest BCUT2D eigenvalue weighted by atomic mass is 35.5. The third kappa shape index (κ3) is 5.46. The van der Waals surface area contributed by atoms with Crippen molar-refractivity contribution in [1.29, 1.82) is 0 Å². The van der Waals surface area contributed by atoms with Crippen LogP contribution in [0.5, 0.6) is 17.2 Å². The Hall–Kier alpha value is -1.42. The second-order valence-corrected chi connectivity index (χ2v) is 5.09. The van der Waals surface area contributed by atoms with Crippen molar-refractivity contribution in [3.8, 4) is 17.2 Å². The number of carbonyl (C=O) groups is 1. The van der Waals surface area contributed by atoms with Crippen molar-refractivity contribution in [1.82, 2.24) is 0 Å². The molecule has 0 atom stereocenters. The van der Waals surface area contributed by atoms with Crippen molar-refractivity contribution < 1.29 is 19.0 Å². The molecule has 0 aliphatic carbocycles. The predicted molar refractivity (Wildman–Crippen MR) is 84.0 cm³/mol. The van der Waals surface area contributed by atoms with Gasteiger partial charge in [0.05, 0.1) is 20.8 Å². The number of hydrogen-bond acceptors (Lipinski definition) is 4. The Morgan fingerprint density at radius 2 is 1.62 bits per heavy atom. The van der Waals surface area contributed by atoms with Gasteiger partial charge in [0.25, 0.3) is 5.24 Å². The van der Waals surface area contributed by atoms with Gasteiger partial charge < -0.3 is 14.2 Å². The molecule has 0 radical (unpaired) electrons. The smallest absolute Gasteiger partial charge is 0.252 e. The van der Waals surface area contributed by atoms with Gasteiger partial charge in [-0.15, -0.1) is 0 Å². The van der Waals surface area contributed by atoms with Gasteiger partial charge >= 0.3 is 0 Å². The third-order valence-corrected chi connectivity index (χ3v) is 3.40. The summed E-state index contributed by atoms with van der Waals surface area (Å²) in [6.07, 6.45) is 5.79. The molecule has 0 aromatic heterocycles. The van der Waals surface area contributed by atoms with E-state index in [9.17, 15) is 4.79 Å². The summed E-state index contributed by atoms with van der Waals surface area (Å²) in [4.78, 5) is 11.3. The number of hydrogen-bond donors (Lipinski definition) is 0. The molecule has 118 valence electrons. The first-order valence-electron chi connectivity index (χ1n) is 7.22. The summed E-state index contributed by atoms with van der Waals surface area (Å²) in [5, 5.41) is -0.558. The minimum absolute atomic E-state index is 0.320. The van der Waals surface area contributed by atoms with Gasteiger partial charge in [-0.25, -0.2) is 0 Å². The van der Waals surface area contributed by atoms with Crippen LogP contribution in [0.1, 0.15) is 49.4 Å². The quantitative estimate of drug-likeness (QED) is 0.473. The Labute approximate surface area is 131 Å². The molecule has 0 bridgehead atoms. The van der Waals surface area contributed by atoms with Crippen LogP contribution in [-0.4, -0.2) is 26.1 Å². The average molecular weight is 315 g/mol. The number of ether oxygens (including phenoxy) is 3. The molecule has 0 fully saturated rings.